The minimum atomic E-state index is -1.53. The van der Waals surface area contributed by atoms with Crippen LogP contribution >= 0.6 is 0 Å². The highest BCUT2D eigenvalue weighted by Gasteiger charge is 2.81. The van der Waals surface area contributed by atoms with Crippen LogP contribution in [0.2, 0.25) is 0 Å². The Balaban J connectivity index is 1.43. The number of rotatable bonds is 3. The van der Waals surface area contributed by atoms with E-state index in [4.69, 9.17) is 9.47 Å². The summed E-state index contributed by atoms with van der Waals surface area (Å²) in [7, 11) is 0. The molecule has 1 spiro atoms. The van der Waals surface area contributed by atoms with Gasteiger partial charge in [-0.15, -0.1) is 0 Å². The zero-order chi connectivity index (χ0) is 24.8. The van der Waals surface area contributed by atoms with Gasteiger partial charge in [0.15, 0.2) is 17.3 Å². The SMILES string of the molecule is C=C1C(=O)[C@@]23C(=O)[C@@H]4OC[C@]5(C=CC(=O)C(C)(C)[C@@H]45)[C@@H]2CC[C@@H]1[C@H]3OC(=O)/C=C/c1ccncc1. The molecule has 3 saturated carbocycles. The summed E-state index contributed by atoms with van der Waals surface area (Å²) in [6, 6.07) is 3.51. The van der Waals surface area contributed by atoms with Crippen LogP contribution < -0.4 is 0 Å². The molecule has 4 bridgehead atoms. The lowest BCUT2D eigenvalue weighted by molar-refractivity contribution is -0.186. The highest BCUT2D eigenvalue weighted by atomic mass is 16.5. The second-order valence-electron chi connectivity index (χ2n) is 11.0. The van der Waals surface area contributed by atoms with E-state index < -0.39 is 46.3 Å². The Morgan fingerprint density at radius 3 is 2.69 bits per heavy atom. The van der Waals surface area contributed by atoms with Crippen molar-refractivity contribution in [2.45, 2.75) is 38.9 Å². The number of Topliss-reactive ketones (excluding diaryl/α,β-unsaturated/α-hetero) is 2. The van der Waals surface area contributed by atoms with Crippen molar-refractivity contribution in [1.82, 2.24) is 4.98 Å². The van der Waals surface area contributed by atoms with E-state index in [9.17, 15) is 19.2 Å². The largest absolute Gasteiger partial charge is 0.457 e. The second-order valence-corrected chi connectivity index (χ2v) is 11.0. The molecule has 0 aromatic carbocycles. The average molecular weight is 474 g/mol. The minimum Gasteiger partial charge on any atom is -0.457 e. The van der Waals surface area contributed by atoms with Gasteiger partial charge in [0.05, 0.1) is 6.61 Å². The Labute approximate surface area is 203 Å². The van der Waals surface area contributed by atoms with E-state index in [0.717, 1.165) is 5.56 Å². The molecule has 4 aliphatic carbocycles. The van der Waals surface area contributed by atoms with Gasteiger partial charge in [-0.2, -0.15) is 0 Å². The molecule has 0 N–H and O–H groups in total. The third-order valence-electron chi connectivity index (χ3n) is 9.27. The van der Waals surface area contributed by atoms with E-state index in [0.29, 0.717) is 18.4 Å². The van der Waals surface area contributed by atoms with Crippen LogP contribution in [0.15, 0.2) is 54.9 Å². The predicted octanol–water partition coefficient (Wildman–Crippen LogP) is 2.91. The average Bonchev–Trinajstić information content (AvgIpc) is 3.26. The Morgan fingerprint density at radius 1 is 1.20 bits per heavy atom. The van der Waals surface area contributed by atoms with Gasteiger partial charge in [0, 0.05) is 41.1 Å². The van der Waals surface area contributed by atoms with Crippen LogP contribution in [0.25, 0.3) is 6.08 Å². The summed E-state index contributed by atoms with van der Waals surface area (Å²) in [5, 5.41) is 0. The van der Waals surface area contributed by atoms with Gasteiger partial charge in [-0.1, -0.05) is 26.5 Å². The number of nitrogens with zero attached hydrogens (tertiary/aromatic N) is 1. The molecule has 1 saturated heterocycles. The van der Waals surface area contributed by atoms with Crippen LogP contribution in [0, 0.1) is 34.0 Å². The molecule has 5 aliphatic rings. The number of ether oxygens (including phenoxy) is 2. The van der Waals surface area contributed by atoms with Crippen LogP contribution in [0.1, 0.15) is 32.3 Å². The van der Waals surface area contributed by atoms with Crippen molar-refractivity contribution in [3.63, 3.8) is 0 Å². The minimum absolute atomic E-state index is 0.0440. The number of carbonyl (C=O) groups excluding carboxylic acids is 4. The second kappa shape index (κ2) is 7.17. The monoisotopic (exact) mass is 473 g/mol. The molecule has 6 rings (SSSR count). The lowest BCUT2D eigenvalue weighted by Gasteiger charge is -2.58. The normalized spacial score (nSPS) is 40.7. The molecule has 0 amide bonds. The molecule has 35 heavy (non-hydrogen) atoms. The Bertz CT molecular complexity index is 1250. The van der Waals surface area contributed by atoms with E-state index in [1.165, 1.54) is 6.08 Å². The van der Waals surface area contributed by atoms with Crippen molar-refractivity contribution >= 4 is 29.4 Å². The molecule has 1 aromatic heterocycles. The van der Waals surface area contributed by atoms with E-state index in [1.54, 1.807) is 36.7 Å². The van der Waals surface area contributed by atoms with Crippen LogP contribution in [0.5, 0.6) is 0 Å². The number of carbonyl (C=O) groups is 4. The first-order valence-corrected chi connectivity index (χ1v) is 12.1. The molecule has 0 radical (unpaired) electrons. The quantitative estimate of drug-likeness (QED) is 0.378. The first kappa shape index (κ1) is 22.3. The zero-order valence-corrected chi connectivity index (χ0v) is 19.7. The number of pyridine rings is 1. The summed E-state index contributed by atoms with van der Waals surface area (Å²) >= 11 is 0. The number of esters is 1. The van der Waals surface area contributed by atoms with E-state index in [2.05, 4.69) is 11.6 Å². The Kier molecular flexibility index (Phi) is 4.56. The van der Waals surface area contributed by atoms with Gasteiger partial charge in [-0.05, 0) is 54.2 Å². The topological polar surface area (TPSA) is 99.6 Å². The van der Waals surface area contributed by atoms with Crippen LogP contribution in [-0.2, 0) is 28.7 Å². The number of ketones is 3. The number of fused-ring (bicyclic) bond motifs is 1. The lowest BCUT2D eigenvalue weighted by Crippen LogP contribution is -2.69. The van der Waals surface area contributed by atoms with Gasteiger partial charge in [0.1, 0.15) is 17.6 Å². The maximum absolute atomic E-state index is 14.2. The number of hydrogen-bond donors (Lipinski definition) is 0. The lowest BCUT2D eigenvalue weighted by atomic mass is 9.41. The van der Waals surface area contributed by atoms with Crippen LogP contribution in [0.4, 0.5) is 0 Å². The van der Waals surface area contributed by atoms with Gasteiger partial charge >= 0.3 is 5.97 Å². The Hall–Kier alpha value is -3.19. The Morgan fingerprint density at radius 2 is 1.94 bits per heavy atom. The van der Waals surface area contributed by atoms with Gasteiger partial charge in [0.25, 0.3) is 0 Å². The molecule has 1 aliphatic heterocycles. The fraction of sp³-hybridized carbons (Fsp3) is 0.464. The fourth-order valence-electron chi connectivity index (χ4n) is 7.81. The van der Waals surface area contributed by atoms with E-state index >= 15 is 0 Å². The number of hydrogen-bond acceptors (Lipinski definition) is 7. The number of aromatic nitrogens is 1. The van der Waals surface area contributed by atoms with E-state index in [1.807, 2.05) is 19.9 Å². The summed E-state index contributed by atoms with van der Waals surface area (Å²) in [5.74, 6) is -2.55. The van der Waals surface area contributed by atoms with Crippen molar-refractivity contribution in [2.24, 2.45) is 34.0 Å². The van der Waals surface area contributed by atoms with Crippen molar-refractivity contribution in [3.8, 4) is 0 Å². The maximum atomic E-state index is 14.2. The molecule has 1 aromatic rings. The van der Waals surface area contributed by atoms with Crippen molar-refractivity contribution in [3.05, 3.63) is 60.5 Å². The summed E-state index contributed by atoms with van der Waals surface area (Å²) in [4.78, 5) is 57.8. The summed E-state index contributed by atoms with van der Waals surface area (Å²) < 4.78 is 12.1. The van der Waals surface area contributed by atoms with Gasteiger partial charge in [0.2, 0.25) is 0 Å². The molecule has 0 unspecified atom stereocenters. The van der Waals surface area contributed by atoms with Gasteiger partial charge in [-0.25, -0.2) is 4.79 Å². The fourth-order valence-corrected chi connectivity index (χ4v) is 7.81. The van der Waals surface area contributed by atoms with Gasteiger partial charge < -0.3 is 9.47 Å². The molecule has 4 fully saturated rings. The summed E-state index contributed by atoms with van der Waals surface area (Å²) in [6.45, 7) is 8.01. The molecular formula is C28H27NO6. The molecular weight excluding hydrogens is 446 g/mol. The third-order valence-corrected chi connectivity index (χ3v) is 9.27. The van der Waals surface area contributed by atoms with Crippen molar-refractivity contribution in [1.29, 1.82) is 0 Å². The first-order valence-electron chi connectivity index (χ1n) is 12.1. The highest BCUT2D eigenvalue weighted by molar-refractivity contribution is 6.20. The highest BCUT2D eigenvalue weighted by Crippen LogP contribution is 2.71. The molecule has 7 heteroatoms. The number of allylic oxidation sites excluding steroid dienone is 1. The predicted molar refractivity (Wildman–Crippen MR) is 125 cm³/mol. The van der Waals surface area contributed by atoms with Crippen molar-refractivity contribution in [2.75, 3.05) is 6.61 Å². The maximum Gasteiger partial charge on any atom is 0.331 e. The molecule has 7 nitrogen and oxygen atoms in total. The summed E-state index contributed by atoms with van der Waals surface area (Å²) in [5.41, 5.74) is -1.86. The third kappa shape index (κ3) is 2.62. The summed E-state index contributed by atoms with van der Waals surface area (Å²) in [6.07, 6.45) is 8.97. The molecule has 2 heterocycles. The smallest absolute Gasteiger partial charge is 0.331 e. The van der Waals surface area contributed by atoms with Crippen molar-refractivity contribution < 1.29 is 28.7 Å². The molecule has 180 valence electrons. The van der Waals surface area contributed by atoms with E-state index in [-0.39, 0.29) is 29.9 Å². The van der Waals surface area contributed by atoms with Gasteiger partial charge in [-0.3, -0.25) is 19.4 Å². The van der Waals surface area contributed by atoms with Crippen LogP contribution in [-0.4, -0.2) is 47.1 Å². The molecule has 7 atom stereocenters. The standard InChI is InChI=1S/C28H27NO6/c1-15-17-5-6-18-27-11-8-19(30)26(2,3)22(27)21(34-14-27)24(33)28(18,23(15)32)25(17)35-20(31)7-4-16-9-12-29-13-10-16/h4,7-13,17-18,21-22,25H,1,5-6,14H2,2-3H3/b7-4+/t17-,18-,21+,22+,25+,27+,28+/m0/s1. The zero-order valence-electron chi connectivity index (χ0n) is 19.7. The first-order chi connectivity index (χ1) is 16.7. The van der Waals surface area contributed by atoms with Crippen LogP contribution in [0.3, 0.4) is 0 Å².